The summed E-state index contributed by atoms with van der Waals surface area (Å²) in [6, 6.07) is 8.78. The van der Waals surface area contributed by atoms with E-state index in [0.29, 0.717) is 10.8 Å². The van der Waals surface area contributed by atoms with Crippen molar-refractivity contribution in [3.8, 4) is 0 Å². The standard InChI is InChI=1S/C16H14/c1-2-6-14-11-16-9-4-3-8-15(16,12-16)10-7-13(14)5-1/h1-10H,11-12H2. The Labute approximate surface area is 96.0 Å². The van der Waals surface area contributed by atoms with Crippen molar-refractivity contribution in [1.29, 1.82) is 0 Å². The molecule has 0 aliphatic heterocycles. The third-order valence-corrected chi connectivity index (χ3v) is 4.45. The summed E-state index contributed by atoms with van der Waals surface area (Å²) in [6.45, 7) is 0. The number of benzene rings is 1. The Kier molecular flexibility index (Phi) is 1.38. The number of hydrogen-bond acceptors (Lipinski definition) is 0. The van der Waals surface area contributed by atoms with Gasteiger partial charge in [-0.25, -0.2) is 0 Å². The van der Waals surface area contributed by atoms with Crippen LogP contribution in [0.1, 0.15) is 17.5 Å². The van der Waals surface area contributed by atoms with Crippen molar-refractivity contribution >= 4 is 6.08 Å². The number of fused-ring (bicyclic) bond motifs is 1. The summed E-state index contributed by atoms with van der Waals surface area (Å²) in [5.41, 5.74) is 3.63. The van der Waals surface area contributed by atoms with E-state index in [0.717, 1.165) is 0 Å². The molecule has 16 heavy (non-hydrogen) atoms. The SMILES string of the molecule is C1=CC23C=Cc4ccccc4CC2(C=C1)C3. The summed E-state index contributed by atoms with van der Waals surface area (Å²) >= 11 is 0. The maximum Gasteiger partial charge on any atom is 0.0171 e. The maximum atomic E-state index is 2.42. The van der Waals surface area contributed by atoms with E-state index in [-0.39, 0.29) is 0 Å². The number of rotatable bonds is 0. The van der Waals surface area contributed by atoms with Gasteiger partial charge in [-0.3, -0.25) is 0 Å². The van der Waals surface area contributed by atoms with Crippen LogP contribution in [0.2, 0.25) is 0 Å². The molecule has 0 heteroatoms. The van der Waals surface area contributed by atoms with Crippen LogP contribution in [0.5, 0.6) is 0 Å². The molecule has 1 saturated carbocycles. The molecular weight excluding hydrogens is 192 g/mol. The molecule has 3 aliphatic carbocycles. The fraction of sp³-hybridized carbons (Fsp3) is 0.250. The highest BCUT2D eigenvalue weighted by Crippen LogP contribution is 2.70. The van der Waals surface area contributed by atoms with E-state index >= 15 is 0 Å². The fourth-order valence-corrected chi connectivity index (χ4v) is 3.39. The van der Waals surface area contributed by atoms with E-state index < -0.39 is 0 Å². The minimum absolute atomic E-state index is 0.334. The summed E-state index contributed by atoms with van der Waals surface area (Å²) in [5, 5.41) is 0. The molecule has 0 bridgehead atoms. The molecule has 0 spiro atoms. The first-order valence-corrected chi connectivity index (χ1v) is 5.98. The summed E-state index contributed by atoms with van der Waals surface area (Å²) in [4.78, 5) is 0. The molecule has 0 nitrogen and oxygen atoms in total. The lowest BCUT2D eigenvalue weighted by Gasteiger charge is -2.19. The van der Waals surface area contributed by atoms with Crippen molar-refractivity contribution in [2.24, 2.45) is 10.8 Å². The van der Waals surface area contributed by atoms with Crippen molar-refractivity contribution in [1.82, 2.24) is 0 Å². The highest BCUT2D eigenvalue weighted by Gasteiger charge is 2.63. The first-order chi connectivity index (χ1) is 7.84. The minimum Gasteiger partial charge on any atom is -0.0768 e. The summed E-state index contributed by atoms with van der Waals surface area (Å²) < 4.78 is 0. The highest BCUT2D eigenvalue weighted by molar-refractivity contribution is 5.61. The molecule has 0 N–H and O–H groups in total. The lowest BCUT2D eigenvalue weighted by molar-refractivity contribution is 0.546. The molecule has 78 valence electrons. The van der Waals surface area contributed by atoms with Crippen molar-refractivity contribution in [2.75, 3.05) is 0 Å². The van der Waals surface area contributed by atoms with Crippen LogP contribution >= 0.6 is 0 Å². The maximum absolute atomic E-state index is 2.42. The van der Waals surface area contributed by atoms with Gasteiger partial charge in [0.05, 0.1) is 0 Å². The first-order valence-electron chi connectivity index (χ1n) is 5.98. The largest absolute Gasteiger partial charge is 0.0768 e. The molecular formula is C16H14. The zero-order chi connectivity index (χ0) is 10.6. The topological polar surface area (TPSA) is 0 Å². The van der Waals surface area contributed by atoms with Crippen LogP contribution in [-0.4, -0.2) is 0 Å². The van der Waals surface area contributed by atoms with E-state index in [9.17, 15) is 0 Å². The lowest BCUT2D eigenvalue weighted by atomic mass is 9.85. The molecule has 2 atom stereocenters. The Hall–Kier alpha value is -1.56. The van der Waals surface area contributed by atoms with Crippen LogP contribution in [0.3, 0.4) is 0 Å². The average Bonchev–Trinajstić information content (AvgIpc) is 2.98. The average molecular weight is 206 g/mol. The van der Waals surface area contributed by atoms with Gasteiger partial charge in [-0.2, -0.15) is 0 Å². The van der Waals surface area contributed by atoms with Crippen LogP contribution in [0.15, 0.2) is 54.6 Å². The molecule has 0 aromatic heterocycles. The molecule has 4 rings (SSSR count). The van der Waals surface area contributed by atoms with Gasteiger partial charge >= 0.3 is 0 Å². The van der Waals surface area contributed by atoms with Crippen LogP contribution < -0.4 is 0 Å². The second-order valence-corrected chi connectivity index (χ2v) is 5.30. The summed E-state index contributed by atoms with van der Waals surface area (Å²) in [6.07, 6.45) is 16.4. The van der Waals surface area contributed by atoms with Crippen molar-refractivity contribution in [3.63, 3.8) is 0 Å². The zero-order valence-electron chi connectivity index (χ0n) is 9.19. The number of hydrogen-bond donors (Lipinski definition) is 0. The van der Waals surface area contributed by atoms with Crippen LogP contribution in [0, 0.1) is 10.8 Å². The van der Waals surface area contributed by atoms with E-state index in [1.165, 1.54) is 24.0 Å². The monoisotopic (exact) mass is 206 g/mol. The molecule has 0 saturated heterocycles. The Bertz CT molecular complexity index is 547. The van der Waals surface area contributed by atoms with Gasteiger partial charge in [0.15, 0.2) is 0 Å². The van der Waals surface area contributed by atoms with Gasteiger partial charge < -0.3 is 0 Å². The molecule has 1 fully saturated rings. The fourth-order valence-electron chi connectivity index (χ4n) is 3.39. The normalized spacial score (nSPS) is 37.2. The summed E-state index contributed by atoms with van der Waals surface area (Å²) in [7, 11) is 0. The predicted octanol–water partition coefficient (Wildman–Crippen LogP) is 3.76. The van der Waals surface area contributed by atoms with Crippen molar-refractivity contribution in [2.45, 2.75) is 12.8 Å². The van der Waals surface area contributed by atoms with E-state index in [1.54, 1.807) is 0 Å². The number of allylic oxidation sites excluding steroid dienone is 5. The van der Waals surface area contributed by atoms with Gasteiger partial charge in [0.1, 0.15) is 0 Å². The lowest BCUT2D eigenvalue weighted by Crippen LogP contribution is -2.12. The van der Waals surface area contributed by atoms with Crippen LogP contribution in [0.4, 0.5) is 0 Å². The second kappa shape index (κ2) is 2.57. The van der Waals surface area contributed by atoms with Gasteiger partial charge in [-0.05, 0) is 24.0 Å². The molecule has 1 aromatic carbocycles. The smallest absolute Gasteiger partial charge is 0.0171 e. The Morgan fingerprint density at radius 2 is 1.81 bits per heavy atom. The van der Waals surface area contributed by atoms with Gasteiger partial charge in [-0.1, -0.05) is 60.7 Å². The quantitative estimate of drug-likeness (QED) is 0.606. The Morgan fingerprint density at radius 1 is 0.938 bits per heavy atom. The van der Waals surface area contributed by atoms with E-state index in [1.807, 2.05) is 0 Å². The van der Waals surface area contributed by atoms with Gasteiger partial charge in [0.2, 0.25) is 0 Å². The molecule has 0 heterocycles. The minimum atomic E-state index is 0.334. The first kappa shape index (κ1) is 8.58. The van der Waals surface area contributed by atoms with Crippen molar-refractivity contribution < 1.29 is 0 Å². The van der Waals surface area contributed by atoms with Crippen LogP contribution in [0.25, 0.3) is 6.08 Å². The third-order valence-electron chi connectivity index (χ3n) is 4.45. The van der Waals surface area contributed by atoms with Gasteiger partial charge in [-0.15, -0.1) is 0 Å². The molecule has 2 unspecified atom stereocenters. The molecule has 1 aromatic rings. The van der Waals surface area contributed by atoms with E-state index in [2.05, 4.69) is 60.7 Å². The Morgan fingerprint density at radius 3 is 2.81 bits per heavy atom. The third kappa shape index (κ3) is 0.904. The zero-order valence-corrected chi connectivity index (χ0v) is 9.19. The summed E-state index contributed by atoms with van der Waals surface area (Å²) in [5.74, 6) is 0. The Balaban J connectivity index is 1.90. The predicted molar refractivity (Wildman–Crippen MR) is 66.9 cm³/mol. The van der Waals surface area contributed by atoms with Gasteiger partial charge in [0, 0.05) is 10.8 Å². The van der Waals surface area contributed by atoms with Gasteiger partial charge in [0.25, 0.3) is 0 Å². The molecule has 3 aliphatic rings. The van der Waals surface area contributed by atoms with Crippen LogP contribution in [-0.2, 0) is 6.42 Å². The van der Waals surface area contributed by atoms with Crippen molar-refractivity contribution in [3.05, 3.63) is 65.8 Å². The van der Waals surface area contributed by atoms with E-state index in [4.69, 9.17) is 0 Å². The highest BCUT2D eigenvalue weighted by atomic mass is 14.7. The molecule has 0 amide bonds. The molecule has 0 radical (unpaired) electrons. The second-order valence-electron chi connectivity index (χ2n) is 5.30.